The first kappa shape index (κ1) is 16.7. The fourth-order valence-corrected chi connectivity index (χ4v) is 3.59. The molecular formula is C16H13F3N2O2S. The second-order valence-electron chi connectivity index (χ2n) is 5.22. The van der Waals surface area contributed by atoms with Crippen LogP contribution in [0, 0.1) is 6.92 Å². The van der Waals surface area contributed by atoms with Gasteiger partial charge in [0, 0.05) is 4.88 Å². The van der Waals surface area contributed by atoms with Crippen LogP contribution in [-0.4, -0.2) is 22.8 Å². The van der Waals surface area contributed by atoms with E-state index in [1.807, 2.05) is 37.3 Å². The van der Waals surface area contributed by atoms with Crippen molar-refractivity contribution in [1.82, 2.24) is 9.97 Å². The minimum atomic E-state index is -4.41. The lowest BCUT2D eigenvalue weighted by Crippen LogP contribution is -2.18. The van der Waals surface area contributed by atoms with Crippen molar-refractivity contribution in [2.24, 2.45) is 0 Å². The molecule has 0 unspecified atom stereocenters. The molecule has 0 aliphatic rings. The van der Waals surface area contributed by atoms with Gasteiger partial charge in [0.1, 0.15) is 23.9 Å². The van der Waals surface area contributed by atoms with Gasteiger partial charge in [-0.15, -0.1) is 11.3 Å². The van der Waals surface area contributed by atoms with Crippen LogP contribution in [0.25, 0.3) is 20.7 Å². The third kappa shape index (κ3) is 3.49. The van der Waals surface area contributed by atoms with Gasteiger partial charge in [0.15, 0.2) is 0 Å². The van der Waals surface area contributed by atoms with Crippen molar-refractivity contribution >= 4 is 21.6 Å². The first-order chi connectivity index (χ1) is 11.3. The van der Waals surface area contributed by atoms with E-state index in [2.05, 4.69) is 14.7 Å². The number of alkyl halides is 3. The maximum absolute atomic E-state index is 12.3. The summed E-state index contributed by atoms with van der Waals surface area (Å²) in [7, 11) is 0. The Morgan fingerprint density at radius 2 is 1.96 bits per heavy atom. The predicted molar refractivity (Wildman–Crippen MR) is 86.1 cm³/mol. The lowest BCUT2D eigenvalue weighted by atomic mass is 10.1. The summed E-state index contributed by atoms with van der Waals surface area (Å²) in [6.07, 6.45) is -4.41. The second-order valence-corrected chi connectivity index (χ2v) is 6.22. The van der Waals surface area contributed by atoms with E-state index in [1.165, 1.54) is 11.3 Å². The van der Waals surface area contributed by atoms with Crippen LogP contribution in [0.2, 0.25) is 0 Å². The maximum atomic E-state index is 12.3. The van der Waals surface area contributed by atoms with Crippen LogP contribution in [-0.2, 0) is 11.3 Å². The number of H-pyrrole nitrogens is 1. The van der Waals surface area contributed by atoms with Gasteiger partial charge in [0.05, 0.1) is 5.39 Å². The molecule has 4 nitrogen and oxygen atoms in total. The zero-order chi connectivity index (χ0) is 17.3. The summed E-state index contributed by atoms with van der Waals surface area (Å²) in [6, 6.07) is 9.55. The highest BCUT2D eigenvalue weighted by molar-refractivity contribution is 7.22. The summed E-state index contributed by atoms with van der Waals surface area (Å²) in [5.41, 5.74) is 1.39. The molecule has 0 aliphatic heterocycles. The van der Waals surface area contributed by atoms with Gasteiger partial charge < -0.3 is 9.72 Å². The van der Waals surface area contributed by atoms with Gasteiger partial charge in [-0.3, -0.25) is 4.79 Å². The van der Waals surface area contributed by atoms with Crippen LogP contribution in [0.5, 0.6) is 0 Å². The van der Waals surface area contributed by atoms with E-state index in [0.717, 1.165) is 16.0 Å². The van der Waals surface area contributed by atoms with Crippen LogP contribution >= 0.6 is 11.3 Å². The van der Waals surface area contributed by atoms with Crippen molar-refractivity contribution in [2.75, 3.05) is 6.61 Å². The quantitative estimate of drug-likeness (QED) is 0.769. The highest BCUT2D eigenvalue weighted by Crippen LogP contribution is 2.35. The van der Waals surface area contributed by atoms with Crippen LogP contribution in [0.15, 0.2) is 35.1 Å². The number of benzene rings is 1. The number of fused-ring (bicyclic) bond motifs is 1. The summed E-state index contributed by atoms with van der Waals surface area (Å²) in [5, 5.41) is 0.457. The molecule has 0 amide bonds. The lowest BCUT2D eigenvalue weighted by Gasteiger charge is -2.06. The smallest absolute Gasteiger partial charge is 0.364 e. The summed E-state index contributed by atoms with van der Waals surface area (Å²) in [5.74, 6) is 0.0811. The Kier molecular flexibility index (Phi) is 4.42. The molecule has 0 radical (unpaired) electrons. The van der Waals surface area contributed by atoms with Crippen molar-refractivity contribution in [1.29, 1.82) is 0 Å². The van der Waals surface area contributed by atoms with Crippen molar-refractivity contribution in [3.05, 3.63) is 52.1 Å². The molecule has 0 aliphatic carbocycles. The lowest BCUT2D eigenvalue weighted by molar-refractivity contribution is -0.177. The number of halogens is 3. The van der Waals surface area contributed by atoms with Crippen LogP contribution in [0.1, 0.15) is 11.4 Å². The summed E-state index contributed by atoms with van der Waals surface area (Å²) < 4.78 is 40.9. The van der Waals surface area contributed by atoms with E-state index in [4.69, 9.17) is 0 Å². The number of nitrogens with zero attached hydrogens (tertiary/aromatic N) is 1. The average molecular weight is 354 g/mol. The third-order valence-corrected chi connectivity index (χ3v) is 4.62. The minimum absolute atomic E-state index is 0.0811. The molecule has 1 aromatic carbocycles. The van der Waals surface area contributed by atoms with Crippen LogP contribution in [0.4, 0.5) is 13.2 Å². The normalized spacial score (nSPS) is 12.0. The number of hydrogen-bond donors (Lipinski definition) is 1. The monoisotopic (exact) mass is 354 g/mol. The minimum Gasteiger partial charge on any atom is -0.364 e. The second kappa shape index (κ2) is 6.37. The number of hydrogen-bond acceptors (Lipinski definition) is 4. The molecule has 2 aromatic heterocycles. The fraction of sp³-hybridized carbons (Fsp3) is 0.250. The number of aryl methyl sites for hydroxylation is 1. The molecule has 0 fully saturated rings. The standard InChI is InChI=1S/C16H13F3N2O2S/c1-9-12-14(22)20-11(7-23-8-16(17,18)19)21-15(12)24-13(9)10-5-3-2-4-6-10/h2-6H,7-8H2,1H3,(H,20,21,22). The Morgan fingerprint density at radius 3 is 2.62 bits per heavy atom. The van der Waals surface area contributed by atoms with Gasteiger partial charge in [0.25, 0.3) is 5.56 Å². The summed E-state index contributed by atoms with van der Waals surface area (Å²) in [4.78, 5) is 20.4. The molecule has 8 heteroatoms. The third-order valence-electron chi connectivity index (χ3n) is 3.39. The zero-order valence-corrected chi connectivity index (χ0v) is 13.4. The number of aromatic amines is 1. The molecule has 0 spiro atoms. The molecule has 0 bridgehead atoms. The molecule has 24 heavy (non-hydrogen) atoms. The number of aromatic nitrogens is 2. The average Bonchev–Trinajstić information content (AvgIpc) is 2.84. The first-order valence-electron chi connectivity index (χ1n) is 7.07. The fourth-order valence-electron chi connectivity index (χ4n) is 2.39. The van der Waals surface area contributed by atoms with Gasteiger partial charge >= 0.3 is 6.18 Å². The first-order valence-corrected chi connectivity index (χ1v) is 7.89. The largest absolute Gasteiger partial charge is 0.411 e. The molecule has 3 rings (SSSR count). The van der Waals surface area contributed by atoms with E-state index in [9.17, 15) is 18.0 Å². The van der Waals surface area contributed by atoms with Gasteiger partial charge in [-0.2, -0.15) is 13.2 Å². The van der Waals surface area contributed by atoms with Crippen molar-refractivity contribution in [3.8, 4) is 10.4 Å². The number of rotatable bonds is 4. The Hall–Kier alpha value is -2.19. The topological polar surface area (TPSA) is 55.0 Å². The number of nitrogens with one attached hydrogen (secondary N) is 1. The van der Waals surface area contributed by atoms with E-state index in [1.54, 1.807) is 0 Å². The zero-order valence-electron chi connectivity index (χ0n) is 12.6. The van der Waals surface area contributed by atoms with Gasteiger partial charge in [-0.05, 0) is 18.1 Å². The van der Waals surface area contributed by atoms with E-state index < -0.39 is 19.4 Å². The molecular weight excluding hydrogens is 341 g/mol. The Morgan fingerprint density at radius 1 is 1.25 bits per heavy atom. The van der Waals surface area contributed by atoms with Crippen LogP contribution < -0.4 is 5.56 Å². The van der Waals surface area contributed by atoms with Crippen molar-refractivity contribution in [2.45, 2.75) is 19.7 Å². The molecule has 0 atom stereocenters. The van der Waals surface area contributed by atoms with E-state index in [0.29, 0.717) is 10.2 Å². The summed E-state index contributed by atoms with van der Waals surface area (Å²) in [6.45, 7) is 0.0493. The highest BCUT2D eigenvalue weighted by atomic mass is 32.1. The summed E-state index contributed by atoms with van der Waals surface area (Å²) >= 11 is 1.34. The number of thiophene rings is 1. The molecule has 0 saturated heterocycles. The van der Waals surface area contributed by atoms with Crippen molar-refractivity contribution < 1.29 is 17.9 Å². The molecule has 2 heterocycles. The SMILES string of the molecule is Cc1c(-c2ccccc2)sc2nc(COCC(F)(F)F)[nH]c(=O)c12. The molecule has 126 valence electrons. The highest BCUT2D eigenvalue weighted by Gasteiger charge is 2.27. The van der Waals surface area contributed by atoms with E-state index in [-0.39, 0.29) is 11.4 Å². The Balaban J connectivity index is 1.96. The Bertz CT molecular complexity index is 917. The molecule has 3 aromatic rings. The van der Waals surface area contributed by atoms with Crippen molar-refractivity contribution in [3.63, 3.8) is 0 Å². The van der Waals surface area contributed by atoms with Gasteiger partial charge in [0.2, 0.25) is 0 Å². The van der Waals surface area contributed by atoms with Gasteiger partial charge in [-0.1, -0.05) is 30.3 Å². The van der Waals surface area contributed by atoms with E-state index >= 15 is 0 Å². The number of ether oxygens (including phenoxy) is 1. The molecule has 0 saturated carbocycles. The Labute approximate surface area is 138 Å². The van der Waals surface area contributed by atoms with Gasteiger partial charge in [-0.25, -0.2) is 4.98 Å². The molecule has 1 N–H and O–H groups in total. The predicted octanol–water partition coefficient (Wildman–Crippen LogP) is 4.04. The van der Waals surface area contributed by atoms with Crippen LogP contribution in [0.3, 0.4) is 0 Å². The maximum Gasteiger partial charge on any atom is 0.411 e.